The Hall–Kier alpha value is -8.46. The summed E-state index contributed by atoms with van der Waals surface area (Å²) >= 11 is 12.9. The lowest BCUT2D eigenvalue weighted by atomic mass is 9.80. The van der Waals surface area contributed by atoms with Crippen molar-refractivity contribution in [2.24, 2.45) is 11.8 Å². The van der Waals surface area contributed by atoms with Gasteiger partial charge in [-0.1, -0.05) is 79.6 Å². The number of carboxylic acids is 3. The molecule has 2 saturated heterocycles. The molecule has 3 aromatic carbocycles. The Morgan fingerprint density at radius 3 is 1.86 bits per heavy atom. The van der Waals surface area contributed by atoms with Gasteiger partial charge in [0.15, 0.2) is 36.3 Å². The molecule has 15 atom stereocenters. The summed E-state index contributed by atoms with van der Waals surface area (Å²) in [6.45, 7) is -1.26. The molecule has 3 heterocycles. The van der Waals surface area contributed by atoms with E-state index in [9.17, 15) is 88.8 Å². The predicted octanol–water partition coefficient (Wildman–Crippen LogP) is 0.906. The SMILES string of the molecule is COc1c(Cl)cc(C(=CCCNC(=O)COCCOCC(=O)NCCNC(=O)C2CC(NC(=O)c3cc(=O)[nH]c(=O)[nH]3)C(OC3OC(C)C(O)C(O)C3O)C(OC3OC(CO)C(O)C(O[C@@H](CC4CCCCC4)C(=O)O)C3OC(=O)c3ccccc3)C2)c2cc(Cl)c(OC)c(C(=O)O)c2)cc1C(=O)O. The number of hydrogen-bond donors (Lipinski definition) is 14. The van der Waals surface area contributed by atoms with Crippen LogP contribution in [0, 0.1) is 11.8 Å². The second-order valence-electron chi connectivity index (χ2n) is 25.0. The zero-order valence-corrected chi connectivity index (χ0v) is 58.1. The summed E-state index contributed by atoms with van der Waals surface area (Å²) < 4.78 is 58.6. The molecule has 104 heavy (non-hydrogen) atoms. The molecule has 2 aliphatic heterocycles. The number of carboxylic acid groups (broad SMARTS) is 3. The molecule has 14 unspecified atom stereocenters. The van der Waals surface area contributed by atoms with Crippen LogP contribution in [0.3, 0.4) is 0 Å². The minimum atomic E-state index is -2.00. The van der Waals surface area contributed by atoms with Crippen molar-refractivity contribution in [2.45, 2.75) is 150 Å². The first-order valence-corrected chi connectivity index (χ1v) is 34.1. The Balaban J connectivity index is 0.929. The molecule has 2 aliphatic carbocycles. The normalized spacial score (nSPS) is 25.1. The number of hydrogen-bond acceptors (Lipinski definition) is 25. The number of carbonyl (C=O) groups is 8. The average Bonchev–Trinajstić information content (AvgIpc) is 0.775. The lowest BCUT2D eigenvalue weighted by Gasteiger charge is -2.48. The molecule has 4 aliphatic rings. The highest BCUT2D eigenvalue weighted by atomic mass is 35.5. The van der Waals surface area contributed by atoms with Gasteiger partial charge in [0, 0.05) is 31.6 Å². The van der Waals surface area contributed by atoms with Gasteiger partial charge in [0.25, 0.3) is 11.5 Å². The number of aliphatic carboxylic acids is 1. The number of halogens is 2. The minimum Gasteiger partial charge on any atom is -0.494 e. The van der Waals surface area contributed by atoms with E-state index in [1.807, 2.05) is 4.98 Å². The zero-order valence-electron chi connectivity index (χ0n) is 56.6. The molecule has 4 aromatic rings. The Morgan fingerprint density at radius 2 is 1.28 bits per heavy atom. The van der Waals surface area contributed by atoms with Crippen LogP contribution in [-0.4, -0.2) is 251 Å². The Morgan fingerprint density at radius 1 is 0.673 bits per heavy atom. The number of aromatic nitrogens is 2. The highest BCUT2D eigenvalue weighted by Crippen LogP contribution is 2.41. The number of rotatable bonds is 34. The molecule has 0 bridgehead atoms. The van der Waals surface area contributed by atoms with Crippen molar-refractivity contribution in [3.05, 3.63) is 131 Å². The van der Waals surface area contributed by atoms with Gasteiger partial charge in [0.2, 0.25) is 17.7 Å². The molecular formula is C68H84Cl2N6O28. The van der Waals surface area contributed by atoms with E-state index in [2.05, 4.69) is 26.3 Å². The van der Waals surface area contributed by atoms with Crippen LogP contribution in [0.4, 0.5) is 0 Å². The smallest absolute Gasteiger partial charge is 0.339 e. The fourth-order valence-electron chi connectivity index (χ4n) is 12.6. The second-order valence-corrected chi connectivity index (χ2v) is 25.8. The molecule has 36 heteroatoms. The first-order valence-electron chi connectivity index (χ1n) is 33.3. The number of esters is 1. The van der Waals surface area contributed by atoms with Crippen LogP contribution in [0.1, 0.15) is 117 Å². The van der Waals surface area contributed by atoms with Crippen molar-refractivity contribution in [3.63, 3.8) is 0 Å². The van der Waals surface area contributed by atoms with Gasteiger partial charge in [-0.3, -0.25) is 29.0 Å². The quantitative estimate of drug-likeness (QED) is 0.0228. The maximum Gasteiger partial charge on any atom is 0.339 e. The first kappa shape index (κ1) is 81.2. The molecule has 2 saturated carbocycles. The third kappa shape index (κ3) is 21.6. The van der Waals surface area contributed by atoms with Crippen molar-refractivity contribution in [1.82, 2.24) is 31.2 Å². The number of aliphatic hydroxyl groups is 5. The Kier molecular flexibility index (Phi) is 30.1. The Bertz CT molecular complexity index is 3720. The third-order valence-electron chi connectivity index (χ3n) is 17.8. The van der Waals surface area contributed by atoms with Gasteiger partial charge in [-0.15, -0.1) is 0 Å². The van der Waals surface area contributed by atoms with Crippen molar-refractivity contribution < 1.29 is 127 Å². The van der Waals surface area contributed by atoms with E-state index in [0.717, 1.165) is 25.3 Å². The summed E-state index contributed by atoms with van der Waals surface area (Å²) in [5, 5.41) is 96.5. The van der Waals surface area contributed by atoms with Crippen molar-refractivity contribution >= 4 is 76.3 Å². The largest absolute Gasteiger partial charge is 0.494 e. The van der Waals surface area contributed by atoms with Crippen molar-refractivity contribution in [3.8, 4) is 11.5 Å². The maximum atomic E-state index is 14.5. The van der Waals surface area contributed by atoms with Gasteiger partial charge in [0.05, 0.1) is 67.9 Å². The van der Waals surface area contributed by atoms with E-state index >= 15 is 0 Å². The van der Waals surface area contributed by atoms with Crippen LogP contribution in [-0.2, 0) is 57.1 Å². The second kappa shape index (κ2) is 38.5. The first-order chi connectivity index (χ1) is 49.7. The van der Waals surface area contributed by atoms with E-state index in [4.69, 9.17) is 70.6 Å². The molecule has 0 radical (unpaired) electrons. The van der Waals surface area contributed by atoms with Crippen molar-refractivity contribution in [2.75, 3.05) is 66.9 Å². The number of aromatic amines is 2. The number of nitrogens with one attached hydrogen (secondary N) is 6. The molecule has 4 fully saturated rings. The Labute approximate surface area is 603 Å². The summed E-state index contributed by atoms with van der Waals surface area (Å²) in [5.74, 6) is -9.82. The van der Waals surface area contributed by atoms with Gasteiger partial charge in [-0.25, -0.2) is 24.0 Å². The van der Waals surface area contributed by atoms with Crippen LogP contribution >= 0.6 is 23.2 Å². The lowest BCUT2D eigenvalue weighted by molar-refractivity contribution is -0.347. The predicted molar refractivity (Wildman–Crippen MR) is 361 cm³/mol. The maximum absolute atomic E-state index is 14.5. The number of benzene rings is 3. The lowest BCUT2D eigenvalue weighted by Crippen LogP contribution is -2.65. The molecule has 568 valence electrons. The van der Waals surface area contributed by atoms with E-state index in [-0.39, 0.29) is 107 Å². The van der Waals surface area contributed by atoms with Gasteiger partial charge in [-0.05, 0) is 91.6 Å². The van der Waals surface area contributed by atoms with Crippen LogP contribution in [0.15, 0.2) is 76.3 Å². The third-order valence-corrected chi connectivity index (χ3v) is 18.4. The van der Waals surface area contributed by atoms with Gasteiger partial charge < -0.3 is 114 Å². The summed E-state index contributed by atoms with van der Waals surface area (Å²) in [7, 11) is 2.49. The van der Waals surface area contributed by atoms with Crippen molar-refractivity contribution in [1.29, 1.82) is 0 Å². The zero-order chi connectivity index (χ0) is 75.5. The fraction of sp³-hybridized carbons (Fsp3) is 0.529. The topological polar surface area (TPSA) is 505 Å². The van der Waals surface area contributed by atoms with Crippen LogP contribution in [0.5, 0.6) is 11.5 Å². The molecule has 0 spiro atoms. The van der Waals surface area contributed by atoms with Gasteiger partial charge in [0.1, 0.15) is 72.8 Å². The number of carbonyl (C=O) groups excluding carboxylic acids is 5. The van der Waals surface area contributed by atoms with E-state index in [1.54, 1.807) is 12.1 Å². The number of methoxy groups -OCH3 is 2. The average molecular weight is 1500 g/mol. The molecular weight excluding hydrogens is 1420 g/mol. The fourth-order valence-corrected chi connectivity index (χ4v) is 13.2. The van der Waals surface area contributed by atoms with E-state index < -0.39 is 182 Å². The molecule has 4 amide bonds. The van der Waals surface area contributed by atoms with Crippen LogP contribution in [0.2, 0.25) is 10.0 Å². The standard InChI is InChI=1S/C68H84Cl2N6O28/c1-32-51(81)53(83)54(84)66(99-32)104-57-43(74-61(86)44-28-48(78)76-68(94)75-44)26-37(27-45(57)101-67-59(103-65(93)34-13-8-5-9-14-34)58(52(82)47(29-77)102-67)100-46(64(91)92)21-33-11-6-4-7-12-33)60(85)73-18-17-72-50(80)31-98-20-19-97-30-49(79)71-16-10-15-38(35-22-39(62(87)88)55(95-2)41(69)24-35)36-23-40(63(89)90)56(96-3)42(70)25-36/h5,8-9,13-15,22-25,28,32-33,37,43,45-47,51-54,57-59,66-67,77,81-84H,4,6-7,10-12,16-21,26-27,29-31H2,1-3H3,(H,71,79)(H,72,80)(H,73,85)(H,74,86)(H,87,88)(H,89,90)(H,91,92)(H2,75,76,78,94)/t32?,37?,43?,45?,46-,47?,51?,52?,53?,54?,57?,58?,59?,66?,67?/m0/s1. The summed E-state index contributed by atoms with van der Waals surface area (Å²) in [6.07, 6.45) is -17.9. The number of ether oxygens (including phenoxy) is 10. The molecule has 34 nitrogen and oxygen atoms in total. The van der Waals surface area contributed by atoms with Crippen LogP contribution < -0.4 is 42.0 Å². The van der Waals surface area contributed by atoms with Gasteiger partial charge >= 0.3 is 29.6 Å². The highest BCUT2D eigenvalue weighted by molar-refractivity contribution is 6.33. The molecule has 1 aromatic heterocycles. The van der Waals surface area contributed by atoms with Gasteiger partial charge in [-0.2, -0.15) is 0 Å². The summed E-state index contributed by atoms with van der Waals surface area (Å²) in [4.78, 5) is 135. The highest BCUT2D eigenvalue weighted by Gasteiger charge is 2.55. The summed E-state index contributed by atoms with van der Waals surface area (Å²) in [6, 6.07) is 12.1. The number of aliphatic hydroxyl groups excluding tert-OH is 5. The molecule has 14 N–H and O–H groups in total. The summed E-state index contributed by atoms with van der Waals surface area (Å²) in [5.41, 5.74) is -2.43. The molecule has 8 rings (SSSR count). The number of aromatic carboxylic acids is 2. The van der Waals surface area contributed by atoms with Crippen LogP contribution in [0.25, 0.3) is 5.57 Å². The number of H-pyrrole nitrogens is 2. The van der Waals surface area contributed by atoms with E-state index in [1.165, 1.54) is 69.7 Å². The van der Waals surface area contributed by atoms with E-state index in [0.29, 0.717) is 18.4 Å². The monoisotopic (exact) mass is 1500 g/mol. The minimum absolute atomic E-state index is 0.0164. The number of amides is 4.